The Bertz CT molecular complexity index is 549. The molecule has 2 aromatic carbocycles. The largest absolute Gasteiger partial charge is 0.507 e. The normalized spacial score (nSPS) is 10.4. The van der Waals surface area contributed by atoms with Gasteiger partial charge < -0.3 is 15.9 Å². The molecule has 2 aromatic rings. The van der Waals surface area contributed by atoms with E-state index in [1.807, 2.05) is 0 Å². The Morgan fingerprint density at radius 1 is 1.13 bits per heavy atom. The van der Waals surface area contributed by atoms with Crippen LogP contribution < -0.4 is 5.73 Å². The molecule has 0 spiro atoms. The summed E-state index contributed by atoms with van der Waals surface area (Å²) >= 11 is 0. The lowest BCUT2D eigenvalue weighted by Gasteiger charge is -2.06. The lowest BCUT2D eigenvalue weighted by atomic mass is 10.0. The number of aromatic carboxylic acids is 1. The number of phenolic OH excluding ortho intramolecular Hbond substituents is 1. The van der Waals surface area contributed by atoms with Crippen molar-refractivity contribution in [3.8, 4) is 5.75 Å². The summed E-state index contributed by atoms with van der Waals surface area (Å²) in [6.45, 7) is 0. The second kappa shape index (κ2) is 3.16. The molecule has 0 aromatic heterocycles. The first kappa shape index (κ1) is 9.33. The number of carbonyl (C=O) groups is 1. The zero-order chi connectivity index (χ0) is 11.0. The highest BCUT2D eigenvalue weighted by Gasteiger charge is 2.11. The first-order valence-corrected chi connectivity index (χ1v) is 4.34. The molecule has 0 unspecified atom stereocenters. The van der Waals surface area contributed by atoms with Crippen molar-refractivity contribution in [1.82, 2.24) is 0 Å². The third-order valence-electron chi connectivity index (χ3n) is 2.31. The molecule has 0 amide bonds. The van der Waals surface area contributed by atoms with Gasteiger partial charge in [-0.1, -0.05) is 12.1 Å². The number of fused-ring (bicyclic) bond motifs is 1. The summed E-state index contributed by atoms with van der Waals surface area (Å²) in [5.74, 6) is -0.978. The van der Waals surface area contributed by atoms with Crippen molar-refractivity contribution in [2.45, 2.75) is 0 Å². The molecule has 0 aliphatic rings. The first-order chi connectivity index (χ1) is 7.11. The highest BCUT2D eigenvalue weighted by Crippen LogP contribution is 2.30. The van der Waals surface area contributed by atoms with Gasteiger partial charge in [0.1, 0.15) is 5.75 Å². The van der Waals surface area contributed by atoms with Crippen molar-refractivity contribution < 1.29 is 15.0 Å². The van der Waals surface area contributed by atoms with Crippen LogP contribution in [0.1, 0.15) is 10.4 Å². The van der Waals surface area contributed by atoms with Crippen LogP contribution in [0, 0.1) is 0 Å². The number of aromatic hydroxyl groups is 1. The number of rotatable bonds is 1. The van der Waals surface area contributed by atoms with Gasteiger partial charge >= 0.3 is 5.97 Å². The number of nitrogens with two attached hydrogens (primary N) is 1. The third-order valence-corrected chi connectivity index (χ3v) is 2.31. The zero-order valence-corrected chi connectivity index (χ0v) is 7.77. The Labute approximate surface area is 85.6 Å². The van der Waals surface area contributed by atoms with Gasteiger partial charge in [0.05, 0.1) is 11.3 Å². The lowest BCUT2D eigenvalue weighted by molar-refractivity contribution is 0.0698. The molecule has 0 radical (unpaired) electrons. The van der Waals surface area contributed by atoms with E-state index in [1.165, 1.54) is 12.1 Å². The minimum Gasteiger partial charge on any atom is -0.507 e. The van der Waals surface area contributed by atoms with Gasteiger partial charge in [-0.05, 0) is 18.2 Å². The van der Waals surface area contributed by atoms with Crippen LogP contribution >= 0.6 is 0 Å². The predicted octanol–water partition coefficient (Wildman–Crippen LogP) is 1.83. The highest BCUT2D eigenvalue weighted by molar-refractivity contribution is 6.06. The zero-order valence-electron chi connectivity index (χ0n) is 7.77. The smallest absolute Gasteiger partial charge is 0.337 e. The molecule has 0 heterocycles. The molecule has 0 saturated heterocycles. The quantitative estimate of drug-likeness (QED) is 0.617. The van der Waals surface area contributed by atoms with Gasteiger partial charge in [0.25, 0.3) is 0 Å². The maximum atomic E-state index is 10.8. The molecule has 0 bridgehead atoms. The maximum absolute atomic E-state index is 10.8. The fraction of sp³-hybridized carbons (Fsp3) is 0. The summed E-state index contributed by atoms with van der Waals surface area (Å²) in [5.41, 5.74) is 5.92. The van der Waals surface area contributed by atoms with Crippen molar-refractivity contribution in [1.29, 1.82) is 0 Å². The predicted molar refractivity (Wildman–Crippen MR) is 57.0 cm³/mol. The molecule has 4 N–H and O–H groups in total. The van der Waals surface area contributed by atoms with E-state index in [9.17, 15) is 9.90 Å². The van der Waals surface area contributed by atoms with Crippen molar-refractivity contribution in [2.24, 2.45) is 0 Å². The van der Waals surface area contributed by atoms with Crippen molar-refractivity contribution in [2.75, 3.05) is 5.73 Å². The molecule has 0 atom stereocenters. The molecule has 76 valence electrons. The molecule has 0 aliphatic heterocycles. The minimum absolute atomic E-state index is 0.0492. The van der Waals surface area contributed by atoms with Crippen LogP contribution in [0.2, 0.25) is 0 Å². The van der Waals surface area contributed by atoms with Crippen molar-refractivity contribution in [3.63, 3.8) is 0 Å². The van der Waals surface area contributed by atoms with E-state index in [2.05, 4.69) is 0 Å². The van der Waals surface area contributed by atoms with Gasteiger partial charge in [-0.3, -0.25) is 0 Å². The number of carboxylic acids is 1. The molecule has 0 saturated carbocycles. The molecule has 15 heavy (non-hydrogen) atoms. The number of benzene rings is 2. The fourth-order valence-electron chi connectivity index (χ4n) is 1.55. The summed E-state index contributed by atoms with van der Waals surface area (Å²) in [6, 6.07) is 7.77. The highest BCUT2D eigenvalue weighted by atomic mass is 16.4. The summed E-state index contributed by atoms with van der Waals surface area (Å²) in [4.78, 5) is 10.8. The molecule has 0 aliphatic carbocycles. The minimum atomic E-state index is -1.07. The van der Waals surface area contributed by atoms with Crippen LogP contribution in [-0.4, -0.2) is 16.2 Å². The van der Waals surface area contributed by atoms with Gasteiger partial charge in [-0.15, -0.1) is 0 Å². The van der Waals surface area contributed by atoms with Gasteiger partial charge in [0, 0.05) is 10.8 Å². The number of hydrogen-bond acceptors (Lipinski definition) is 3. The Morgan fingerprint density at radius 2 is 1.87 bits per heavy atom. The Morgan fingerprint density at radius 3 is 2.53 bits per heavy atom. The second-order valence-corrected chi connectivity index (χ2v) is 3.20. The molecule has 0 fully saturated rings. The molecule has 4 heteroatoms. The Kier molecular flexibility index (Phi) is 1.97. The maximum Gasteiger partial charge on any atom is 0.337 e. The molecule has 4 nitrogen and oxygen atoms in total. The van der Waals surface area contributed by atoms with Crippen LogP contribution in [0.15, 0.2) is 30.3 Å². The van der Waals surface area contributed by atoms with E-state index in [1.54, 1.807) is 18.2 Å². The number of anilines is 1. The molecule has 2 rings (SSSR count). The summed E-state index contributed by atoms with van der Waals surface area (Å²) in [6.07, 6.45) is 0. The van der Waals surface area contributed by atoms with E-state index < -0.39 is 5.97 Å². The van der Waals surface area contributed by atoms with Crippen molar-refractivity contribution >= 4 is 22.4 Å². The average molecular weight is 203 g/mol. The topological polar surface area (TPSA) is 83.6 Å². The standard InChI is InChI=1S/C11H9NO3/c12-10-7-2-1-3-9(13)6(7)4-5-8(10)11(14)15/h1-5,13H,12H2,(H,14,15). The summed E-state index contributed by atoms with van der Waals surface area (Å²) < 4.78 is 0. The second-order valence-electron chi connectivity index (χ2n) is 3.20. The third kappa shape index (κ3) is 1.36. The average Bonchev–Trinajstić information content (AvgIpc) is 2.19. The van der Waals surface area contributed by atoms with Crippen LogP contribution in [0.4, 0.5) is 5.69 Å². The van der Waals surface area contributed by atoms with Crippen LogP contribution in [-0.2, 0) is 0 Å². The fourth-order valence-corrected chi connectivity index (χ4v) is 1.55. The summed E-state index contributed by atoms with van der Waals surface area (Å²) in [5, 5.41) is 19.5. The van der Waals surface area contributed by atoms with Crippen molar-refractivity contribution in [3.05, 3.63) is 35.9 Å². The Hall–Kier alpha value is -2.23. The number of hydrogen-bond donors (Lipinski definition) is 3. The number of nitrogen functional groups attached to an aromatic ring is 1. The molecular weight excluding hydrogens is 194 g/mol. The van der Waals surface area contributed by atoms with Gasteiger partial charge in [-0.25, -0.2) is 4.79 Å². The van der Waals surface area contributed by atoms with E-state index in [0.717, 1.165) is 0 Å². The van der Waals surface area contributed by atoms with Gasteiger partial charge in [-0.2, -0.15) is 0 Å². The summed E-state index contributed by atoms with van der Waals surface area (Å²) in [7, 11) is 0. The monoisotopic (exact) mass is 203 g/mol. The van der Waals surface area contributed by atoms with E-state index in [0.29, 0.717) is 10.8 Å². The molecular formula is C11H9NO3. The van der Waals surface area contributed by atoms with E-state index in [-0.39, 0.29) is 17.0 Å². The Balaban J connectivity index is 2.86. The van der Waals surface area contributed by atoms with Crippen LogP contribution in [0.3, 0.4) is 0 Å². The van der Waals surface area contributed by atoms with Crippen LogP contribution in [0.5, 0.6) is 5.75 Å². The number of carboxylic acid groups (broad SMARTS) is 1. The lowest BCUT2D eigenvalue weighted by Crippen LogP contribution is -2.02. The number of phenols is 1. The van der Waals surface area contributed by atoms with E-state index in [4.69, 9.17) is 10.8 Å². The first-order valence-electron chi connectivity index (χ1n) is 4.34. The SMILES string of the molecule is Nc1c(C(=O)O)ccc2c(O)cccc12. The van der Waals surface area contributed by atoms with E-state index >= 15 is 0 Å². The van der Waals surface area contributed by atoms with Crippen LogP contribution in [0.25, 0.3) is 10.8 Å². The van der Waals surface area contributed by atoms with Gasteiger partial charge in [0.15, 0.2) is 0 Å². The van der Waals surface area contributed by atoms with Gasteiger partial charge in [0.2, 0.25) is 0 Å².